The van der Waals surface area contributed by atoms with Gasteiger partial charge in [0.1, 0.15) is 5.69 Å². The zero-order valence-corrected chi connectivity index (χ0v) is 13.9. The first kappa shape index (κ1) is 15.7. The van der Waals surface area contributed by atoms with Gasteiger partial charge in [0.25, 0.3) is 0 Å². The van der Waals surface area contributed by atoms with E-state index in [0.29, 0.717) is 5.69 Å². The van der Waals surface area contributed by atoms with Gasteiger partial charge in [0.05, 0.1) is 11.4 Å². The number of aldehydes is 1. The third-order valence-electron chi connectivity index (χ3n) is 4.35. The lowest BCUT2D eigenvalue weighted by Crippen LogP contribution is -2.44. The largest absolute Gasteiger partial charge is 0.369 e. The van der Waals surface area contributed by atoms with E-state index in [9.17, 15) is 4.79 Å². The van der Waals surface area contributed by atoms with Crippen LogP contribution in [0.15, 0.2) is 24.3 Å². The van der Waals surface area contributed by atoms with E-state index in [0.717, 1.165) is 43.8 Å². The molecule has 1 aliphatic rings. The monoisotopic (exact) mass is 313 g/mol. The second kappa shape index (κ2) is 6.50. The number of carbonyl (C=O) groups is 1. The fourth-order valence-corrected chi connectivity index (χ4v) is 2.99. The molecule has 122 valence electrons. The molecule has 2 aromatic rings. The molecule has 1 aromatic heterocycles. The van der Waals surface area contributed by atoms with E-state index in [4.69, 9.17) is 0 Å². The number of carbonyl (C=O) groups excluding carboxylic acids is 1. The van der Waals surface area contributed by atoms with Crippen LogP contribution in [0.1, 0.15) is 35.9 Å². The minimum Gasteiger partial charge on any atom is -0.369 e. The number of hydrogen-bond donors (Lipinski definition) is 0. The summed E-state index contributed by atoms with van der Waals surface area (Å²) in [7, 11) is 2.16. The van der Waals surface area contributed by atoms with Crippen LogP contribution < -0.4 is 4.90 Å². The van der Waals surface area contributed by atoms with Crippen molar-refractivity contribution in [3.8, 4) is 5.69 Å². The first-order valence-electron chi connectivity index (χ1n) is 8.05. The Labute approximate surface area is 136 Å². The van der Waals surface area contributed by atoms with Crippen molar-refractivity contribution in [3.05, 3.63) is 35.7 Å². The average Bonchev–Trinajstić information content (AvgIpc) is 3.00. The summed E-state index contributed by atoms with van der Waals surface area (Å²) < 4.78 is 1.77. The molecular weight excluding hydrogens is 290 g/mol. The fourth-order valence-electron chi connectivity index (χ4n) is 2.99. The lowest BCUT2D eigenvalue weighted by molar-refractivity contribution is 0.111. The molecule has 0 amide bonds. The molecule has 1 aliphatic heterocycles. The van der Waals surface area contributed by atoms with Gasteiger partial charge in [-0.2, -0.15) is 0 Å². The summed E-state index contributed by atoms with van der Waals surface area (Å²) in [4.78, 5) is 15.9. The predicted octanol–water partition coefficient (Wildman–Crippen LogP) is 1.95. The SMILES string of the molecule is CC(C)c1c(C=O)nnn1-c1ccc(N2CCN(C)CC2)cc1. The van der Waals surface area contributed by atoms with Crippen LogP contribution in [0.2, 0.25) is 0 Å². The summed E-state index contributed by atoms with van der Waals surface area (Å²) in [5.74, 6) is 0.183. The highest BCUT2D eigenvalue weighted by atomic mass is 16.1. The summed E-state index contributed by atoms with van der Waals surface area (Å²) in [6, 6.07) is 8.33. The minimum atomic E-state index is 0.183. The average molecular weight is 313 g/mol. The molecule has 0 unspecified atom stereocenters. The maximum absolute atomic E-state index is 11.1. The Morgan fingerprint density at radius 3 is 2.22 bits per heavy atom. The number of benzene rings is 1. The molecule has 0 N–H and O–H groups in total. The zero-order valence-electron chi connectivity index (χ0n) is 13.9. The lowest BCUT2D eigenvalue weighted by Gasteiger charge is -2.34. The maximum Gasteiger partial charge on any atom is 0.172 e. The van der Waals surface area contributed by atoms with Crippen molar-refractivity contribution in [2.24, 2.45) is 0 Å². The van der Waals surface area contributed by atoms with Crippen molar-refractivity contribution in [1.29, 1.82) is 0 Å². The summed E-state index contributed by atoms with van der Waals surface area (Å²) in [6.07, 6.45) is 0.775. The Hall–Kier alpha value is -2.21. The standard InChI is InChI=1S/C17H23N5O/c1-13(2)17-16(12-23)18-19-22(17)15-6-4-14(5-7-15)21-10-8-20(3)9-11-21/h4-7,12-13H,8-11H2,1-3H3. The molecule has 1 fully saturated rings. The molecule has 23 heavy (non-hydrogen) atoms. The number of piperazine rings is 1. The minimum absolute atomic E-state index is 0.183. The molecule has 2 heterocycles. The molecule has 6 nitrogen and oxygen atoms in total. The third-order valence-corrected chi connectivity index (χ3v) is 4.35. The van der Waals surface area contributed by atoms with Gasteiger partial charge in [-0.1, -0.05) is 19.1 Å². The van der Waals surface area contributed by atoms with E-state index >= 15 is 0 Å². The quantitative estimate of drug-likeness (QED) is 0.808. The first-order chi connectivity index (χ1) is 11.1. The van der Waals surface area contributed by atoms with E-state index in [1.54, 1.807) is 4.68 Å². The molecule has 6 heteroatoms. The molecule has 0 radical (unpaired) electrons. The van der Waals surface area contributed by atoms with Crippen LogP contribution in [0.3, 0.4) is 0 Å². The van der Waals surface area contributed by atoms with Crippen LogP contribution in [0.4, 0.5) is 5.69 Å². The third kappa shape index (κ3) is 3.12. The van der Waals surface area contributed by atoms with Gasteiger partial charge in [0.2, 0.25) is 0 Å². The van der Waals surface area contributed by atoms with Crippen molar-refractivity contribution in [1.82, 2.24) is 19.9 Å². The van der Waals surface area contributed by atoms with Gasteiger partial charge in [0, 0.05) is 31.9 Å². The number of hydrogen-bond acceptors (Lipinski definition) is 5. The van der Waals surface area contributed by atoms with Crippen molar-refractivity contribution < 1.29 is 4.79 Å². The van der Waals surface area contributed by atoms with Gasteiger partial charge in [-0.3, -0.25) is 4.79 Å². The summed E-state index contributed by atoms with van der Waals surface area (Å²) in [5, 5.41) is 8.13. The Kier molecular flexibility index (Phi) is 4.43. The number of anilines is 1. The second-order valence-corrected chi connectivity index (χ2v) is 6.35. The molecule has 0 saturated carbocycles. The molecule has 0 aliphatic carbocycles. The van der Waals surface area contributed by atoms with E-state index in [2.05, 4.69) is 39.3 Å². The Morgan fingerprint density at radius 1 is 1.04 bits per heavy atom. The lowest BCUT2D eigenvalue weighted by atomic mass is 10.1. The Bertz CT molecular complexity index is 669. The van der Waals surface area contributed by atoms with Crippen molar-refractivity contribution in [2.45, 2.75) is 19.8 Å². The smallest absolute Gasteiger partial charge is 0.172 e. The summed E-state index contributed by atoms with van der Waals surface area (Å²) in [6.45, 7) is 8.36. The highest BCUT2D eigenvalue weighted by Crippen LogP contribution is 2.23. The topological polar surface area (TPSA) is 54.3 Å². The molecule has 0 spiro atoms. The molecule has 0 atom stereocenters. The number of rotatable bonds is 4. The molecule has 0 bridgehead atoms. The zero-order chi connectivity index (χ0) is 16.4. The molecular formula is C17H23N5O. The number of likely N-dealkylation sites (N-methyl/N-ethyl adjacent to an activating group) is 1. The van der Waals surface area contributed by atoms with Crippen molar-refractivity contribution >= 4 is 12.0 Å². The fraction of sp³-hybridized carbons (Fsp3) is 0.471. The van der Waals surface area contributed by atoms with E-state index in [1.165, 1.54) is 5.69 Å². The van der Waals surface area contributed by atoms with E-state index in [-0.39, 0.29) is 5.92 Å². The molecule has 3 rings (SSSR count). The van der Waals surface area contributed by atoms with Crippen LogP contribution >= 0.6 is 0 Å². The van der Waals surface area contributed by atoms with Crippen LogP contribution in [-0.2, 0) is 0 Å². The summed E-state index contributed by atoms with van der Waals surface area (Å²) >= 11 is 0. The first-order valence-corrected chi connectivity index (χ1v) is 8.05. The molecule has 1 saturated heterocycles. The van der Waals surface area contributed by atoms with Crippen LogP contribution in [0.5, 0.6) is 0 Å². The number of nitrogens with zero attached hydrogens (tertiary/aromatic N) is 5. The van der Waals surface area contributed by atoms with Crippen LogP contribution in [-0.4, -0.2) is 59.4 Å². The van der Waals surface area contributed by atoms with Gasteiger partial charge in [-0.05, 0) is 37.2 Å². The van der Waals surface area contributed by atoms with E-state index in [1.807, 2.05) is 26.0 Å². The van der Waals surface area contributed by atoms with Crippen molar-refractivity contribution in [2.75, 3.05) is 38.1 Å². The van der Waals surface area contributed by atoms with Gasteiger partial charge < -0.3 is 9.80 Å². The van der Waals surface area contributed by atoms with Crippen molar-refractivity contribution in [3.63, 3.8) is 0 Å². The van der Waals surface area contributed by atoms with Gasteiger partial charge in [0.15, 0.2) is 6.29 Å². The highest BCUT2D eigenvalue weighted by Gasteiger charge is 2.18. The van der Waals surface area contributed by atoms with Gasteiger partial charge >= 0.3 is 0 Å². The van der Waals surface area contributed by atoms with Gasteiger partial charge in [-0.15, -0.1) is 5.10 Å². The van der Waals surface area contributed by atoms with E-state index < -0.39 is 0 Å². The number of aromatic nitrogens is 3. The summed E-state index contributed by atoms with van der Waals surface area (Å²) in [5.41, 5.74) is 3.44. The van der Waals surface area contributed by atoms with Crippen LogP contribution in [0, 0.1) is 0 Å². The normalized spacial score (nSPS) is 16.1. The predicted molar refractivity (Wildman–Crippen MR) is 90.5 cm³/mol. The van der Waals surface area contributed by atoms with Crippen LogP contribution in [0.25, 0.3) is 5.69 Å². The Balaban J connectivity index is 1.85. The second-order valence-electron chi connectivity index (χ2n) is 6.35. The maximum atomic E-state index is 11.1. The highest BCUT2D eigenvalue weighted by molar-refractivity contribution is 5.74. The molecule has 1 aromatic carbocycles. The Morgan fingerprint density at radius 2 is 1.65 bits per heavy atom. The van der Waals surface area contributed by atoms with Gasteiger partial charge in [-0.25, -0.2) is 4.68 Å².